The van der Waals surface area contributed by atoms with Gasteiger partial charge in [-0.2, -0.15) is 0 Å². The number of hydrogen-bond acceptors (Lipinski definition) is 2. The van der Waals surface area contributed by atoms with E-state index in [2.05, 4.69) is 48.5 Å². The zero-order valence-electron chi connectivity index (χ0n) is 17.2. The zero-order valence-corrected chi connectivity index (χ0v) is 17.2. The first-order valence-corrected chi connectivity index (χ1v) is 10.3. The van der Waals surface area contributed by atoms with Crippen LogP contribution in [0.4, 0.5) is 0 Å². The van der Waals surface area contributed by atoms with Crippen molar-refractivity contribution in [3.05, 3.63) is 0 Å². The van der Waals surface area contributed by atoms with E-state index in [4.69, 9.17) is 0 Å². The molecule has 2 N–H and O–H groups in total. The summed E-state index contributed by atoms with van der Waals surface area (Å²) in [5.74, 6) is 2.96. The molecular weight excluding hydrogens is 296 g/mol. The fourth-order valence-electron chi connectivity index (χ4n) is 5.53. The van der Waals surface area contributed by atoms with Crippen LogP contribution >= 0.6 is 0 Å². The summed E-state index contributed by atoms with van der Waals surface area (Å²) >= 11 is 0. The molecule has 0 radical (unpaired) electrons. The Morgan fingerprint density at radius 2 is 1.29 bits per heavy atom. The number of rotatable bonds is 2. The summed E-state index contributed by atoms with van der Waals surface area (Å²) < 4.78 is 0. The van der Waals surface area contributed by atoms with Crippen LogP contribution in [0.2, 0.25) is 0 Å². The van der Waals surface area contributed by atoms with Crippen LogP contribution in [-0.4, -0.2) is 22.4 Å². The Labute approximate surface area is 150 Å². The maximum atomic E-state index is 10.5. The van der Waals surface area contributed by atoms with Gasteiger partial charge in [0.05, 0.1) is 12.2 Å². The Morgan fingerprint density at radius 3 is 1.83 bits per heavy atom. The van der Waals surface area contributed by atoms with Crippen LogP contribution in [0, 0.1) is 40.4 Å². The van der Waals surface area contributed by atoms with E-state index in [1.165, 1.54) is 25.7 Å². The maximum absolute atomic E-state index is 10.5. The van der Waals surface area contributed by atoms with Crippen molar-refractivity contribution in [3.8, 4) is 0 Å². The Kier molecular flexibility index (Phi) is 6.13. The van der Waals surface area contributed by atoms with E-state index < -0.39 is 0 Å². The summed E-state index contributed by atoms with van der Waals surface area (Å²) in [4.78, 5) is 0. The average Bonchev–Trinajstić information content (AvgIpc) is 2.41. The highest BCUT2D eigenvalue weighted by Gasteiger charge is 2.42. The van der Waals surface area contributed by atoms with Gasteiger partial charge in [0.15, 0.2) is 0 Å². The van der Waals surface area contributed by atoms with Crippen molar-refractivity contribution in [2.75, 3.05) is 0 Å². The molecule has 2 heteroatoms. The lowest BCUT2D eigenvalue weighted by atomic mass is 9.60. The summed E-state index contributed by atoms with van der Waals surface area (Å²) in [6, 6.07) is 0. The van der Waals surface area contributed by atoms with Crippen molar-refractivity contribution in [1.29, 1.82) is 0 Å². The van der Waals surface area contributed by atoms with Gasteiger partial charge >= 0.3 is 0 Å². The number of hydrogen-bond donors (Lipinski definition) is 2. The van der Waals surface area contributed by atoms with Gasteiger partial charge in [0.25, 0.3) is 0 Å². The molecule has 24 heavy (non-hydrogen) atoms. The van der Waals surface area contributed by atoms with Crippen LogP contribution in [-0.2, 0) is 0 Å². The smallest absolute Gasteiger partial charge is 0.0576 e. The van der Waals surface area contributed by atoms with E-state index in [9.17, 15) is 10.2 Å². The molecule has 2 nitrogen and oxygen atoms in total. The first-order valence-electron chi connectivity index (χ1n) is 10.3. The van der Waals surface area contributed by atoms with Crippen LogP contribution in [0.1, 0.15) is 87.0 Å². The molecule has 2 rings (SSSR count). The van der Waals surface area contributed by atoms with Crippen LogP contribution in [0.25, 0.3) is 0 Å². The molecule has 2 aliphatic rings. The molecule has 2 fully saturated rings. The molecule has 0 spiro atoms. The largest absolute Gasteiger partial charge is 0.393 e. The van der Waals surface area contributed by atoms with Gasteiger partial charge < -0.3 is 10.2 Å². The minimum atomic E-state index is -0.133. The standard InChI is InChI=1S/C22H42O2/c1-14-10-20(24)18(22(5,6)7)13-16(14)11-15-8-9-19(23)17(12-15)21(2,3)4/h14-20,23-24H,8-13H2,1-7H3. The topological polar surface area (TPSA) is 40.5 Å². The van der Waals surface area contributed by atoms with Crippen molar-refractivity contribution < 1.29 is 10.2 Å². The Hall–Kier alpha value is -0.0800. The minimum absolute atomic E-state index is 0.117. The third kappa shape index (κ3) is 4.75. The van der Waals surface area contributed by atoms with Crippen LogP contribution in [0.3, 0.4) is 0 Å². The molecule has 0 aromatic heterocycles. The fraction of sp³-hybridized carbons (Fsp3) is 1.00. The highest BCUT2D eigenvalue weighted by molar-refractivity contribution is 4.92. The average molecular weight is 339 g/mol. The molecule has 2 aliphatic carbocycles. The van der Waals surface area contributed by atoms with Crippen molar-refractivity contribution in [2.24, 2.45) is 40.4 Å². The lowest BCUT2D eigenvalue weighted by Gasteiger charge is -2.46. The summed E-state index contributed by atoms with van der Waals surface area (Å²) in [6.45, 7) is 16.0. The Balaban J connectivity index is 2.01. The monoisotopic (exact) mass is 338 g/mol. The highest BCUT2D eigenvalue weighted by Crippen LogP contribution is 2.48. The maximum Gasteiger partial charge on any atom is 0.0576 e. The zero-order chi connectivity index (χ0) is 18.3. The number of aliphatic hydroxyl groups is 2. The van der Waals surface area contributed by atoms with E-state index in [0.29, 0.717) is 17.8 Å². The third-order valence-corrected chi connectivity index (χ3v) is 7.22. The Bertz CT molecular complexity index is 403. The van der Waals surface area contributed by atoms with Crippen molar-refractivity contribution >= 4 is 0 Å². The summed E-state index contributed by atoms with van der Waals surface area (Å²) in [7, 11) is 0. The molecule has 0 bridgehead atoms. The SMILES string of the molecule is CC1CC(O)C(C(C)(C)C)CC1CC1CCC(O)C(C(C)(C)C)C1. The van der Waals surface area contributed by atoms with Gasteiger partial charge in [-0.15, -0.1) is 0 Å². The van der Waals surface area contributed by atoms with E-state index in [-0.39, 0.29) is 23.0 Å². The predicted octanol–water partition coefficient (Wildman–Crippen LogP) is 5.27. The molecule has 0 aromatic carbocycles. The van der Waals surface area contributed by atoms with Crippen molar-refractivity contribution in [3.63, 3.8) is 0 Å². The molecule has 7 unspecified atom stereocenters. The van der Waals surface area contributed by atoms with Gasteiger partial charge in [0, 0.05) is 0 Å². The van der Waals surface area contributed by atoms with Crippen LogP contribution < -0.4 is 0 Å². The van der Waals surface area contributed by atoms with Gasteiger partial charge in [0.2, 0.25) is 0 Å². The van der Waals surface area contributed by atoms with Gasteiger partial charge in [-0.3, -0.25) is 0 Å². The lowest BCUT2D eigenvalue weighted by molar-refractivity contribution is -0.0456. The molecule has 0 aliphatic heterocycles. The summed E-state index contributed by atoms with van der Waals surface area (Å²) in [6.07, 6.45) is 6.51. The van der Waals surface area contributed by atoms with E-state index >= 15 is 0 Å². The molecule has 0 aromatic rings. The minimum Gasteiger partial charge on any atom is -0.393 e. The quantitative estimate of drug-likeness (QED) is 0.720. The predicted molar refractivity (Wildman–Crippen MR) is 102 cm³/mol. The van der Waals surface area contributed by atoms with Gasteiger partial charge in [0.1, 0.15) is 0 Å². The molecule has 7 atom stereocenters. The molecule has 0 heterocycles. The van der Waals surface area contributed by atoms with E-state index in [0.717, 1.165) is 24.7 Å². The molecular formula is C22H42O2. The normalized spacial score (nSPS) is 42.1. The molecule has 0 saturated heterocycles. The second-order valence-corrected chi connectivity index (χ2v) is 11.2. The van der Waals surface area contributed by atoms with Crippen molar-refractivity contribution in [2.45, 2.75) is 99.2 Å². The Morgan fingerprint density at radius 1 is 0.750 bits per heavy atom. The lowest BCUT2D eigenvalue weighted by Crippen LogP contribution is -2.42. The second-order valence-electron chi connectivity index (χ2n) is 11.2. The van der Waals surface area contributed by atoms with E-state index in [1.807, 2.05) is 0 Å². The molecule has 2 saturated carbocycles. The second kappa shape index (κ2) is 7.27. The van der Waals surface area contributed by atoms with E-state index in [1.54, 1.807) is 0 Å². The van der Waals surface area contributed by atoms with Crippen LogP contribution in [0.5, 0.6) is 0 Å². The summed E-state index contributed by atoms with van der Waals surface area (Å²) in [5.41, 5.74) is 0.384. The first kappa shape index (κ1) is 20.2. The van der Waals surface area contributed by atoms with Gasteiger partial charge in [-0.25, -0.2) is 0 Å². The molecule has 0 amide bonds. The van der Waals surface area contributed by atoms with Gasteiger partial charge in [-0.1, -0.05) is 48.5 Å². The van der Waals surface area contributed by atoms with Crippen LogP contribution in [0.15, 0.2) is 0 Å². The highest BCUT2D eigenvalue weighted by atomic mass is 16.3. The van der Waals surface area contributed by atoms with Gasteiger partial charge in [-0.05, 0) is 78.9 Å². The fourth-order valence-corrected chi connectivity index (χ4v) is 5.53. The third-order valence-electron chi connectivity index (χ3n) is 7.22. The first-order chi connectivity index (χ1) is 10.9. The number of aliphatic hydroxyl groups excluding tert-OH is 2. The van der Waals surface area contributed by atoms with Crippen molar-refractivity contribution in [1.82, 2.24) is 0 Å². The molecule has 142 valence electrons. The summed E-state index contributed by atoms with van der Waals surface area (Å²) in [5, 5.41) is 21.0.